The molecule has 0 radical (unpaired) electrons. The van der Waals surface area contributed by atoms with E-state index in [-0.39, 0.29) is 5.38 Å². The van der Waals surface area contributed by atoms with Crippen molar-refractivity contribution in [2.24, 2.45) is 0 Å². The Morgan fingerprint density at radius 1 is 1.36 bits per heavy atom. The van der Waals surface area contributed by atoms with Gasteiger partial charge >= 0.3 is 0 Å². The minimum absolute atomic E-state index is 0.241. The van der Waals surface area contributed by atoms with E-state index < -0.39 is 0 Å². The maximum absolute atomic E-state index is 5.99. The molecule has 1 unspecified atom stereocenters. The van der Waals surface area contributed by atoms with Crippen LogP contribution in [-0.2, 0) is 6.54 Å². The first-order valence-electron chi connectivity index (χ1n) is 4.81. The van der Waals surface area contributed by atoms with E-state index in [9.17, 15) is 0 Å². The molecule has 0 fully saturated rings. The zero-order chi connectivity index (χ0) is 10.4. The van der Waals surface area contributed by atoms with E-state index in [4.69, 9.17) is 11.6 Å². The van der Waals surface area contributed by atoms with Crippen molar-refractivity contribution in [3.8, 4) is 0 Å². The molecule has 1 aromatic carbocycles. The van der Waals surface area contributed by atoms with Crippen molar-refractivity contribution in [2.45, 2.75) is 25.3 Å². The first kappa shape index (κ1) is 12.0. The summed E-state index contributed by atoms with van der Waals surface area (Å²) in [5.41, 5.74) is 1.29. The van der Waals surface area contributed by atoms with Gasteiger partial charge in [0.15, 0.2) is 0 Å². The number of alkyl halides is 1. The van der Waals surface area contributed by atoms with Gasteiger partial charge in [-0.3, -0.25) is 0 Å². The van der Waals surface area contributed by atoms with Crippen LogP contribution in [0.15, 0.2) is 28.7 Å². The highest BCUT2D eigenvalue weighted by Gasteiger charge is 1.99. The van der Waals surface area contributed by atoms with Gasteiger partial charge in [-0.25, -0.2) is 0 Å². The highest BCUT2D eigenvalue weighted by Crippen LogP contribution is 2.10. The highest BCUT2D eigenvalue weighted by molar-refractivity contribution is 9.10. The minimum atomic E-state index is 0.241. The molecule has 0 aliphatic carbocycles. The third-order valence-electron chi connectivity index (χ3n) is 2.05. The molecule has 14 heavy (non-hydrogen) atoms. The van der Waals surface area contributed by atoms with Gasteiger partial charge in [0.2, 0.25) is 0 Å². The molecule has 0 aliphatic heterocycles. The van der Waals surface area contributed by atoms with E-state index in [1.54, 1.807) is 0 Å². The zero-order valence-electron chi connectivity index (χ0n) is 8.26. The highest BCUT2D eigenvalue weighted by atomic mass is 79.9. The first-order chi connectivity index (χ1) is 6.72. The molecule has 1 rings (SSSR count). The van der Waals surface area contributed by atoms with Gasteiger partial charge in [-0.2, -0.15) is 0 Å². The second-order valence-corrected chi connectivity index (χ2v) is 4.80. The average molecular weight is 277 g/mol. The maximum atomic E-state index is 5.99. The van der Waals surface area contributed by atoms with Crippen molar-refractivity contribution in [2.75, 3.05) is 6.54 Å². The molecule has 0 aliphatic rings. The largest absolute Gasteiger partial charge is 0.311 e. The van der Waals surface area contributed by atoms with Crippen LogP contribution in [0, 0.1) is 0 Å². The van der Waals surface area contributed by atoms with Crippen LogP contribution in [0.2, 0.25) is 0 Å². The van der Waals surface area contributed by atoms with Gasteiger partial charge in [0.05, 0.1) is 0 Å². The number of hydrogen-bond donors (Lipinski definition) is 1. The Labute approximate surface area is 99.0 Å². The van der Waals surface area contributed by atoms with E-state index in [2.05, 4.69) is 52.4 Å². The SMILES string of the molecule is CCC(Cl)CNCc1ccc(Br)cc1. The van der Waals surface area contributed by atoms with Crippen molar-refractivity contribution < 1.29 is 0 Å². The second kappa shape index (κ2) is 6.44. The summed E-state index contributed by atoms with van der Waals surface area (Å²) in [6.07, 6.45) is 1.01. The van der Waals surface area contributed by atoms with Gasteiger partial charge in [-0.1, -0.05) is 35.0 Å². The lowest BCUT2D eigenvalue weighted by Gasteiger charge is -2.08. The Morgan fingerprint density at radius 2 is 2.00 bits per heavy atom. The Kier molecular flexibility index (Phi) is 5.53. The molecule has 1 aromatic rings. The number of nitrogens with one attached hydrogen (secondary N) is 1. The van der Waals surface area contributed by atoms with Crippen molar-refractivity contribution in [1.29, 1.82) is 0 Å². The van der Waals surface area contributed by atoms with E-state index in [1.807, 2.05) is 0 Å². The van der Waals surface area contributed by atoms with Crippen LogP contribution < -0.4 is 5.32 Å². The number of benzene rings is 1. The molecule has 0 aromatic heterocycles. The second-order valence-electron chi connectivity index (χ2n) is 3.26. The summed E-state index contributed by atoms with van der Waals surface area (Å²) in [4.78, 5) is 0. The maximum Gasteiger partial charge on any atom is 0.0458 e. The van der Waals surface area contributed by atoms with Crippen LogP contribution in [0.1, 0.15) is 18.9 Å². The van der Waals surface area contributed by atoms with E-state index in [0.717, 1.165) is 24.0 Å². The molecule has 0 saturated heterocycles. The lowest BCUT2D eigenvalue weighted by atomic mass is 10.2. The standard InChI is InChI=1S/C11H15BrClN/c1-2-11(13)8-14-7-9-3-5-10(12)6-4-9/h3-6,11,14H,2,7-8H2,1H3. The fourth-order valence-electron chi connectivity index (χ4n) is 1.12. The zero-order valence-corrected chi connectivity index (χ0v) is 10.6. The molecular weight excluding hydrogens is 261 g/mol. The summed E-state index contributed by atoms with van der Waals surface area (Å²) in [6.45, 7) is 3.85. The summed E-state index contributed by atoms with van der Waals surface area (Å²) in [5, 5.41) is 3.57. The molecule has 0 amide bonds. The van der Waals surface area contributed by atoms with Gasteiger partial charge in [-0.05, 0) is 24.1 Å². The number of hydrogen-bond acceptors (Lipinski definition) is 1. The Hall–Kier alpha value is -0.0500. The van der Waals surface area contributed by atoms with Crippen LogP contribution >= 0.6 is 27.5 Å². The summed E-state index contributed by atoms with van der Waals surface area (Å²) in [7, 11) is 0. The topological polar surface area (TPSA) is 12.0 Å². The summed E-state index contributed by atoms with van der Waals surface area (Å²) in [5.74, 6) is 0. The molecule has 1 atom stereocenters. The smallest absolute Gasteiger partial charge is 0.0458 e. The average Bonchev–Trinajstić information content (AvgIpc) is 2.21. The quantitative estimate of drug-likeness (QED) is 0.811. The normalized spacial score (nSPS) is 12.8. The summed E-state index contributed by atoms with van der Waals surface area (Å²) < 4.78 is 1.12. The summed E-state index contributed by atoms with van der Waals surface area (Å²) in [6, 6.07) is 8.31. The number of halogens is 2. The molecule has 0 bridgehead atoms. The van der Waals surface area contributed by atoms with Crippen LogP contribution in [0.5, 0.6) is 0 Å². The molecule has 0 heterocycles. The van der Waals surface area contributed by atoms with Crippen LogP contribution in [0.3, 0.4) is 0 Å². The summed E-state index contributed by atoms with van der Waals surface area (Å²) >= 11 is 9.39. The predicted molar refractivity (Wildman–Crippen MR) is 65.8 cm³/mol. The number of rotatable bonds is 5. The van der Waals surface area contributed by atoms with E-state index in [1.165, 1.54) is 5.56 Å². The third kappa shape index (κ3) is 4.45. The van der Waals surface area contributed by atoms with E-state index in [0.29, 0.717) is 0 Å². The Morgan fingerprint density at radius 3 is 2.57 bits per heavy atom. The lowest BCUT2D eigenvalue weighted by molar-refractivity contribution is 0.647. The monoisotopic (exact) mass is 275 g/mol. The van der Waals surface area contributed by atoms with Crippen LogP contribution in [0.25, 0.3) is 0 Å². The van der Waals surface area contributed by atoms with Crippen molar-refractivity contribution >= 4 is 27.5 Å². The van der Waals surface area contributed by atoms with Crippen molar-refractivity contribution in [1.82, 2.24) is 5.32 Å². The molecule has 78 valence electrons. The van der Waals surface area contributed by atoms with Crippen molar-refractivity contribution in [3.63, 3.8) is 0 Å². The van der Waals surface area contributed by atoms with Crippen LogP contribution in [0.4, 0.5) is 0 Å². The van der Waals surface area contributed by atoms with Gasteiger partial charge in [-0.15, -0.1) is 11.6 Å². The molecule has 3 heteroatoms. The van der Waals surface area contributed by atoms with Crippen molar-refractivity contribution in [3.05, 3.63) is 34.3 Å². The minimum Gasteiger partial charge on any atom is -0.311 e. The first-order valence-corrected chi connectivity index (χ1v) is 6.04. The molecule has 1 N–H and O–H groups in total. The van der Waals surface area contributed by atoms with Gasteiger partial charge in [0.25, 0.3) is 0 Å². The van der Waals surface area contributed by atoms with Gasteiger partial charge < -0.3 is 5.32 Å². The molecule has 1 nitrogen and oxygen atoms in total. The molecular formula is C11H15BrClN. The Bertz CT molecular complexity index is 260. The third-order valence-corrected chi connectivity index (χ3v) is 3.04. The molecule has 0 spiro atoms. The van der Waals surface area contributed by atoms with Gasteiger partial charge in [0.1, 0.15) is 0 Å². The van der Waals surface area contributed by atoms with Gasteiger partial charge in [0, 0.05) is 22.9 Å². The predicted octanol–water partition coefficient (Wildman–Crippen LogP) is 3.56. The van der Waals surface area contributed by atoms with Crippen LogP contribution in [-0.4, -0.2) is 11.9 Å². The fourth-order valence-corrected chi connectivity index (χ4v) is 1.49. The fraction of sp³-hybridized carbons (Fsp3) is 0.455. The van der Waals surface area contributed by atoms with E-state index >= 15 is 0 Å². The lowest BCUT2D eigenvalue weighted by Crippen LogP contribution is -2.22. The Balaban J connectivity index is 2.28. The molecule has 0 saturated carbocycles.